The second-order valence-corrected chi connectivity index (χ2v) is 17.4. The van der Waals surface area contributed by atoms with Crippen LogP contribution < -0.4 is 0 Å². The molecule has 6 heteroatoms. The summed E-state index contributed by atoms with van der Waals surface area (Å²) in [4.78, 5) is 0. The van der Waals surface area contributed by atoms with Gasteiger partial charge in [-0.15, -0.1) is 3.71 Å². The molecule has 0 unspecified atom stereocenters. The molecule has 0 saturated heterocycles. The number of rotatable bonds is 7. The van der Waals surface area contributed by atoms with Crippen LogP contribution in [-0.2, 0) is 28.4 Å². The summed E-state index contributed by atoms with van der Waals surface area (Å²) in [5.41, 5.74) is 1.19. The normalized spacial score (nSPS) is 45.7. The molecule has 8 fully saturated rings. The molecule has 0 radical (unpaired) electrons. The van der Waals surface area contributed by atoms with E-state index in [1.165, 1.54) is 44.1 Å². The van der Waals surface area contributed by atoms with Gasteiger partial charge in [-0.25, -0.2) is 8.42 Å². The summed E-state index contributed by atoms with van der Waals surface area (Å²) in [6.45, 7) is 0.629. The van der Waals surface area contributed by atoms with Crippen LogP contribution in [0.5, 0.6) is 0 Å². The summed E-state index contributed by atoms with van der Waals surface area (Å²) < 4.78 is 31.1. The van der Waals surface area contributed by atoms with Crippen molar-refractivity contribution in [3.63, 3.8) is 0 Å². The monoisotopic (exact) mass is 519 g/mol. The third-order valence-electron chi connectivity index (χ3n) is 10.6. The van der Waals surface area contributed by atoms with Gasteiger partial charge in [-0.1, -0.05) is 23.7 Å². The van der Waals surface area contributed by atoms with Crippen LogP contribution in [-0.4, -0.2) is 28.2 Å². The van der Waals surface area contributed by atoms with Crippen molar-refractivity contribution in [3.8, 4) is 0 Å². The van der Waals surface area contributed by atoms with Gasteiger partial charge in [0.2, 0.25) is 0 Å². The third kappa shape index (κ3) is 3.82. The first-order valence-corrected chi connectivity index (χ1v) is 16.3. The summed E-state index contributed by atoms with van der Waals surface area (Å²) in [7, 11) is -2.35. The SMILES string of the molecule is O=[S@@](N(CCc1ccc(Cl)cc1)[S@](=O)C12CC3CC(CC(C3)C1)C2)C12CC3CC(CC(C3)C1)C2. The number of nitrogens with zero attached hydrogens (tertiary/aromatic N) is 1. The number of benzene rings is 1. The second kappa shape index (κ2) is 8.39. The van der Waals surface area contributed by atoms with E-state index in [2.05, 4.69) is 15.8 Å². The standard InChI is InChI=1S/C28H38ClNO2S2/c29-26-3-1-19(2-4-26)5-6-30(33(31)27-13-20-7-21(14-27)9-22(8-20)15-27)34(32)28-16-23-10-24(17-28)12-25(11-23)18-28/h1-4,20-25H,5-18H2/t20?,21?,22?,23?,24?,25?,27?,28?,33-,34-/m1/s1. The first-order valence-electron chi connectivity index (χ1n) is 13.8. The van der Waals surface area contributed by atoms with E-state index in [4.69, 9.17) is 11.6 Å². The van der Waals surface area contributed by atoms with Gasteiger partial charge in [0.15, 0.2) is 0 Å². The minimum absolute atomic E-state index is 0.118. The van der Waals surface area contributed by atoms with E-state index in [1.807, 2.05) is 12.1 Å². The van der Waals surface area contributed by atoms with Crippen LogP contribution in [0.3, 0.4) is 0 Å². The van der Waals surface area contributed by atoms with Crippen LogP contribution in [0.2, 0.25) is 5.02 Å². The van der Waals surface area contributed by atoms with Crippen LogP contribution >= 0.6 is 11.6 Å². The van der Waals surface area contributed by atoms with E-state index in [1.54, 1.807) is 0 Å². The zero-order chi connectivity index (χ0) is 23.1. The van der Waals surface area contributed by atoms with Gasteiger partial charge in [-0.3, -0.25) is 0 Å². The summed E-state index contributed by atoms with van der Waals surface area (Å²) in [5, 5.41) is 0.745. The van der Waals surface area contributed by atoms with Crippen molar-refractivity contribution in [1.82, 2.24) is 3.71 Å². The number of halogens is 1. The molecule has 0 N–H and O–H groups in total. The smallest absolute Gasteiger partial charge is 0.113 e. The number of hydrogen-bond donors (Lipinski definition) is 0. The molecule has 8 aliphatic rings. The van der Waals surface area contributed by atoms with Crippen molar-refractivity contribution >= 4 is 33.6 Å². The van der Waals surface area contributed by atoms with Crippen LogP contribution in [0, 0.1) is 35.5 Å². The Balaban J connectivity index is 1.20. The molecule has 8 bridgehead atoms. The minimum Gasteiger partial charge on any atom is -0.241 e. The molecule has 186 valence electrons. The van der Waals surface area contributed by atoms with Gasteiger partial charge in [0.25, 0.3) is 0 Å². The van der Waals surface area contributed by atoms with E-state index >= 15 is 0 Å². The Labute approximate surface area is 215 Å². The summed E-state index contributed by atoms with van der Waals surface area (Å²) in [6, 6.07) is 8.02. The predicted molar refractivity (Wildman–Crippen MR) is 140 cm³/mol. The topological polar surface area (TPSA) is 37.4 Å². The van der Waals surface area contributed by atoms with E-state index in [0.29, 0.717) is 6.54 Å². The summed E-state index contributed by atoms with van der Waals surface area (Å²) in [5.74, 6) is 4.51. The molecule has 8 aliphatic carbocycles. The average molecular weight is 520 g/mol. The lowest BCUT2D eigenvalue weighted by Crippen LogP contribution is -2.60. The highest BCUT2D eigenvalue weighted by Gasteiger charge is 2.59. The molecule has 0 aliphatic heterocycles. The lowest BCUT2D eigenvalue weighted by molar-refractivity contribution is 0.0326. The minimum atomic E-state index is -1.18. The molecule has 34 heavy (non-hydrogen) atoms. The zero-order valence-electron chi connectivity index (χ0n) is 20.1. The quantitative estimate of drug-likeness (QED) is 0.415. The zero-order valence-corrected chi connectivity index (χ0v) is 22.5. The highest BCUT2D eigenvalue weighted by Crippen LogP contribution is 2.61. The molecule has 0 amide bonds. The first-order chi connectivity index (χ1) is 16.4. The molecule has 0 spiro atoms. The van der Waals surface area contributed by atoms with E-state index in [-0.39, 0.29) is 9.49 Å². The second-order valence-electron chi connectivity index (χ2n) is 13.1. The first kappa shape index (κ1) is 22.9. The Morgan fingerprint density at radius 1 is 0.676 bits per heavy atom. The highest BCUT2D eigenvalue weighted by atomic mass is 35.5. The van der Waals surface area contributed by atoms with Gasteiger partial charge in [0.05, 0.1) is 9.49 Å². The number of hydrogen-bond acceptors (Lipinski definition) is 2. The lowest BCUT2D eigenvalue weighted by Gasteiger charge is -2.58. The predicted octanol–water partition coefficient (Wildman–Crippen LogP) is 6.45. The Hall–Kier alpha value is -0.230. The van der Waals surface area contributed by atoms with Crippen LogP contribution in [0.4, 0.5) is 0 Å². The van der Waals surface area contributed by atoms with Crippen molar-refractivity contribution in [1.29, 1.82) is 0 Å². The largest absolute Gasteiger partial charge is 0.241 e. The third-order valence-corrected chi connectivity index (χ3v) is 15.2. The highest BCUT2D eigenvalue weighted by molar-refractivity contribution is 7.99. The Kier molecular flexibility index (Phi) is 5.66. The van der Waals surface area contributed by atoms with Gasteiger partial charge in [0.1, 0.15) is 22.0 Å². The Morgan fingerprint density at radius 3 is 1.38 bits per heavy atom. The Bertz CT molecular complexity index is 882. The fourth-order valence-electron chi connectivity index (χ4n) is 10.0. The molecule has 0 aromatic heterocycles. The van der Waals surface area contributed by atoms with Crippen LogP contribution in [0.25, 0.3) is 0 Å². The van der Waals surface area contributed by atoms with Crippen LogP contribution in [0.15, 0.2) is 24.3 Å². The molecule has 8 saturated carbocycles. The summed E-state index contributed by atoms with van der Waals surface area (Å²) >= 11 is 6.12. The van der Waals surface area contributed by atoms with Gasteiger partial charge in [-0.2, -0.15) is 0 Å². The molecular weight excluding hydrogens is 482 g/mol. The van der Waals surface area contributed by atoms with E-state index in [0.717, 1.165) is 85.5 Å². The average Bonchev–Trinajstić information content (AvgIpc) is 2.78. The van der Waals surface area contributed by atoms with Crippen molar-refractivity contribution < 1.29 is 8.42 Å². The fraction of sp³-hybridized carbons (Fsp3) is 0.786. The molecule has 2 atom stereocenters. The molecular formula is C28H38ClNO2S2. The van der Waals surface area contributed by atoms with Crippen molar-refractivity contribution in [3.05, 3.63) is 34.9 Å². The van der Waals surface area contributed by atoms with Gasteiger partial charge < -0.3 is 0 Å². The molecule has 1 aromatic rings. The lowest BCUT2D eigenvalue weighted by atomic mass is 9.56. The van der Waals surface area contributed by atoms with Gasteiger partial charge >= 0.3 is 0 Å². The molecule has 0 heterocycles. The Morgan fingerprint density at radius 2 is 1.03 bits per heavy atom. The maximum atomic E-state index is 14.6. The maximum Gasteiger partial charge on any atom is 0.113 e. The van der Waals surface area contributed by atoms with Crippen molar-refractivity contribution in [2.45, 2.75) is 93.0 Å². The fourth-order valence-corrected chi connectivity index (χ4v) is 15.2. The summed E-state index contributed by atoms with van der Waals surface area (Å²) in [6.07, 6.45) is 15.5. The van der Waals surface area contributed by atoms with Crippen molar-refractivity contribution in [2.24, 2.45) is 35.5 Å². The van der Waals surface area contributed by atoms with Gasteiger partial charge in [0, 0.05) is 11.6 Å². The molecule has 9 rings (SSSR count). The van der Waals surface area contributed by atoms with Crippen molar-refractivity contribution in [2.75, 3.05) is 6.54 Å². The maximum absolute atomic E-state index is 14.6. The van der Waals surface area contributed by atoms with Crippen LogP contribution in [0.1, 0.15) is 82.6 Å². The molecule has 3 nitrogen and oxygen atoms in total. The van der Waals surface area contributed by atoms with E-state index in [9.17, 15) is 8.42 Å². The van der Waals surface area contributed by atoms with Gasteiger partial charge in [-0.05, 0) is 137 Å². The van der Waals surface area contributed by atoms with E-state index < -0.39 is 22.0 Å². The molecule has 1 aromatic carbocycles.